The highest BCUT2D eigenvalue weighted by atomic mass is 32.2. The Hall–Kier alpha value is -2.81. The number of rotatable bonds is 4. The molecule has 1 saturated carbocycles. The molecule has 0 N–H and O–H groups in total. The standard InChI is InChI=1S/C25H25N3O3S2/c1-27-23-21-10-6-3-7-17(21)13-16-22(23)32-25(27)26-24(29)18-11-14-20(15-12-18)33(30,31)28(2)19-8-4-5-9-19/h3,6-7,10-16,19H,4-5,8-9H2,1-2H3. The Morgan fingerprint density at radius 2 is 1.73 bits per heavy atom. The summed E-state index contributed by atoms with van der Waals surface area (Å²) in [6, 6.07) is 18.4. The Balaban J connectivity index is 1.46. The van der Waals surface area contributed by atoms with E-state index in [2.05, 4.69) is 23.2 Å². The summed E-state index contributed by atoms with van der Waals surface area (Å²) < 4.78 is 30.4. The summed E-state index contributed by atoms with van der Waals surface area (Å²) in [6.45, 7) is 0. The van der Waals surface area contributed by atoms with E-state index in [9.17, 15) is 13.2 Å². The predicted octanol–water partition coefficient (Wildman–Crippen LogP) is 4.70. The first kappa shape index (κ1) is 22.0. The molecule has 0 aliphatic heterocycles. The van der Waals surface area contributed by atoms with Gasteiger partial charge in [0.1, 0.15) is 0 Å². The normalized spacial score (nSPS) is 15.8. The van der Waals surface area contributed by atoms with E-state index in [-0.39, 0.29) is 10.9 Å². The molecule has 1 amide bonds. The van der Waals surface area contributed by atoms with Crippen LogP contribution in [0.25, 0.3) is 21.0 Å². The largest absolute Gasteiger partial charge is 0.319 e. The van der Waals surface area contributed by atoms with Crippen LogP contribution in [0.2, 0.25) is 0 Å². The highest BCUT2D eigenvalue weighted by molar-refractivity contribution is 7.89. The Kier molecular flexibility index (Phi) is 5.68. The maximum Gasteiger partial charge on any atom is 0.279 e. The minimum atomic E-state index is -3.58. The van der Waals surface area contributed by atoms with E-state index in [0.29, 0.717) is 10.4 Å². The molecule has 0 bridgehead atoms. The number of carbonyl (C=O) groups excluding carboxylic acids is 1. The van der Waals surface area contributed by atoms with Gasteiger partial charge in [0, 0.05) is 31.1 Å². The van der Waals surface area contributed by atoms with Gasteiger partial charge >= 0.3 is 0 Å². The minimum Gasteiger partial charge on any atom is -0.319 e. The Morgan fingerprint density at radius 3 is 2.45 bits per heavy atom. The van der Waals surface area contributed by atoms with Gasteiger partial charge in [-0.25, -0.2) is 8.42 Å². The molecule has 5 rings (SSSR count). The topological polar surface area (TPSA) is 71.7 Å². The Labute approximate surface area is 196 Å². The van der Waals surface area contributed by atoms with E-state index in [4.69, 9.17) is 0 Å². The summed E-state index contributed by atoms with van der Waals surface area (Å²) >= 11 is 1.46. The maximum atomic E-state index is 13.0. The summed E-state index contributed by atoms with van der Waals surface area (Å²) in [4.78, 5) is 18.0. The Morgan fingerprint density at radius 1 is 1.03 bits per heavy atom. The van der Waals surface area contributed by atoms with Crippen molar-refractivity contribution in [2.45, 2.75) is 36.6 Å². The van der Waals surface area contributed by atoms with Gasteiger partial charge in [-0.05, 0) is 48.6 Å². The number of hydrogen-bond acceptors (Lipinski definition) is 4. The van der Waals surface area contributed by atoms with Crippen LogP contribution in [0.15, 0.2) is 70.6 Å². The van der Waals surface area contributed by atoms with Gasteiger partial charge < -0.3 is 4.57 Å². The van der Waals surface area contributed by atoms with E-state index in [1.165, 1.54) is 27.8 Å². The van der Waals surface area contributed by atoms with Gasteiger partial charge in [-0.1, -0.05) is 54.5 Å². The highest BCUT2D eigenvalue weighted by Gasteiger charge is 2.30. The molecule has 0 unspecified atom stereocenters. The van der Waals surface area contributed by atoms with Crippen molar-refractivity contribution >= 4 is 48.3 Å². The van der Waals surface area contributed by atoms with Crippen molar-refractivity contribution in [2.75, 3.05) is 7.05 Å². The van der Waals surface area contributed by atoms with E-state index < -0.39 is 15.9 Å². The first-order valence-corrected chi connectivity index (χ1v) is 13.3. The van der Waals surface area contributed by atoms with Crippen LogP contribution >= 0.6 is 11.3 Å². The number of thiazole rings is 1. The lowest BCUT2D eigenvalue weighted by Gasteiger charge is -2.23. The van der Waals surface area contributed by atoms with Crippen molar-refractivity contribution in [1.29, 1.82) is 0 Å². The third kappa shape index (κ3) is 3.92. The smallest absolute Gasteiger partial charge is 0.279 e. The zero-order chi connectivity index (χ0) is 23.2. The van der Waals surface area contributed by atoms with Crippen LogP contribution in [0.5, 0.6) is 0 Å². The lowest BCUT2D eigenvalue weighted by atomic mass is 10.1. The molecule has 0 radical (unpaired) electrons. The Bertz CT molecular complexity index is 1530. The summed E-state index contributed by atoms with van der Waals surface area (Å²) in [5.41, 5.74) is 1.40. The monoisotopic (exact) mass is 479 g/mol. The predicted molar refractivity (Wildman–Crippen MR) is 132 cm³/mol. The number of sulfonamides is 1. The van der Waals surface area contributed by atoms with Crippen molar-refractivity contribution in [1.82, 2.24) is 8.87 Å². The van der Waals surface area contributed by atoms with Crippen LogP contribution in [0.1, 0.15) is 36.0 Å². The molecule has 170 valence electrons. The molecule has 6 nitrogen and oxygen atoms in total. The number of aryl methyl sites for hydroxylation is 1. The van der Waals surface area contributed by atoms with Crippen LogP contribution in [0.4, 0.5) is 0 Å². The van der Waals surface area contributed by atoms with E-state index in [0.717, 1.165) is 46.7 Å². The zero-order valence-corrected chi connectivity index (χ0v) is 20.2. The van der Waals surface area contributed by atoms with E-state index in [1.807, 2.05) is 29.8 Å². The van der Waals surface area contributed by atoms with Gasteiger partial charge in [0.2, 0.25) is 10.0 Å². The number of benzene rings is 3. The fourth-order valence-electron chi connectivity index (χ4n) is 4.58. The van der Waals surface area contributed by atoms with E-state index in [1.54, 1.807) is 19.2 Å². The van der Waals surface area contributed by atoms with Crippen LogP contribution in [0.3, 0.4) is 0 Å². The molecule has 0 spiro atoms. The number of hydrogen-bond donors (Lipinski definition) is 0. The molecular weight excluding hydrogens is 454 g/mol. The van der Waals surface area contributed by atoms with Gasteiger partial charge in [-0.3, -0.25) is 4.79 Å². The van der Waals surface area contributed by atoms with Gasteiger partial charge in [-0.15, -0.1) is 0 Å². The molecule has 8 heteroatoms. The first-order chi connectivity index (χ1) is 15.9. The molecule has 1 heterocycles. The number of aromatic nitrogens is 1. The minimum absolute atomic E-state index is 0.0513. The van der Waals surface area contributed by atoms with Gasteiger partial charge in [0.05, 0.1) is 15.1 Å². The lowest BCUT2D eigenvalue weighted by Crippen LogP contribution is -2.35. The first-order valence-electron chi connectivity index (χ1n) is 11.0. The third-order valence-electron chi connectivity index (χ3n) is 6.50. The molecule has 1 fully saturated rings. The SMILES string of the molecule is CN(C1CCCC1)S(=O)(=O)c1ccc(C(=O)N=c2sc3ccc4ccccc4c3n2C)cc1. The number of carbonyl (C=O) groups is 1. The molecule has 0 saturated heterocycles. The number of nitrogens with zero attached hydrogens (tertiary/aromatic N) is 3. The molecule has 0 atom stereocenters. The molecule has 1 aromatic heterocycles. The fourth-order valence-corrected chi connectivity index (χ4v) is 7.02. The average Bonchev–Trinajstić information content (AvgIpc) is 3.47. The quantitative estimate of drug-likeness (QED) is 0.426. The summed E-state index contributed by atoms with van der Waals surface area (Å²) in [5.74, 6) is -0.394. The van der Waals surface area contributed by atoms with Crippen LogP contribution in [-0.2, 0) is 17.1 Å². The van der Waals surface area contributed by atoms with Crippen molar-refractivity contribution < 1.29 is 13.2 Å². The highest BCUT2D eigenvalue weighted by Crippen LogP contribution is 2.28. The summed E-state index contributed by atoms with van der Waals surface area (Å²) in [7, 11) is -0.0269. The molecule has 33 heavy (non-hydrogen) atoms. The molecular formula is C25H25N3O3S2. The maximum absolute atomic E-state index is 13.0. The lowest BCUT2D eigenvalue weighted by molar-refractivity contribution is 0.0998. The zero-order valence-electron chi connectivity index (χ0n) is 18.6. The van der Waals surface area contributed by atoms with Crippen molar-refractivity contribution in [2.24, 2.45) is 12.0 Å². The van der Waals surface area contributed by atoms with Crippen molar-refractivity contribution in [3.8, 4) is 0 Å². The number of fused-ring (bicyclic) bond motifs is 3. The van der Waals surface area contributed by atoms with Gasteiger partial charge in [0.15, 0.2) is 4.80 Å². The second-order valence-electron chi connectivity index (χ2n) is 8.48. The van der Waals surface area contributed by atoms with Crippen LogP contribution < -0.4 is 4.80 Å². The molecule has 4 aromatic rings. The van der Waals surface area contributed by atoms with Gasteiger partial charge in [-0.2, -0.15) is 9.30 Å². The van der Waals surface area contributed by atoms with Crippen LogP contribution in [-0.4, -0.2) is 36.3 Å². The number of amides is 1. The van der Waals surface area contributed by atoms with E-state index >= 15 is 0 Å². The second-order valence-corrected chi connectivity index (χ2v) is 11.5. The van der Waals surface area contributed by atoms with Crippen LogP contribution in [0, 0.1) is 0 Å². The van der Waals surface area contributed by atoms with Crippen molar-refractivity contribution in [3.63, 3.8) is 0 Å². The fraction of sp³-hybridized carbons (Fsp3) is 0.280. The van der Waals surface area contributed by atoms with Gasteiger partial charge in [0.25, 0.3) is 5.91 Å². The molecule has 1 aliphatic carbocycles. The summed E-state index contributed by atoms with van der Waals surface area (Å²) in [5, 5.41) is 2.25. The molecule has 1 aliphatic rings. The average molecular weight is 480 g/mol. The molecule has 3 aromatic carbocycles. The second kappa shape index (κ2) is 8.52. The van der Waals surface area contributed by atoms with Crippen molar-refractivity contribution in [3.05, 3.63) is 71.0 Å². The third-order valence-corrected chi connectivity index (χ3v) is 9.52. The summed E-state index contributed by atoms with van der Waals surface area (Å²) in [6.07, 6.45) is 3.91.